The van der Waals surface area contributed by atoms with Crippen molar-refractivity contribution in [2.24, 2.45) is 40.4 Å². The molecule has 0 bridgehead atoms. The Morgan fingerprint density at radius 1 is 0.943 bits per heavy atom. The monoisotopic (exact) mass is 481 g/mol. The lowest BCUT2D eigenvalue weighted by molar-refractivity contribution is -0.165. The highest BCUT2D eigenvalue weighted by molar-refractivity contribution is 5.19. The third kappa shape index (κ3) is 4.53. The van der Waals surface area contributed by atoms with Crippen LogP contribution >= 0.6 is 0 Å². The standard InChI is InChI=1S/C32H51NO2/c1-6-35-21-32(34)19-18-30(4)25(20-32)12-13-26-28-15-14-27(31(28,5)17-16-29(26)30)23(3)33-22(2)24-10-8-7-9-11-24/h7-11,22-23,25-29,33-34H,6,12-21H2,1-5H3/t22-,23+,25+,26-,27+,28-,29-,30-,31+,32+/m0/s1. The second-order valence-corrected chi connectivity index (χ2v) is 13.5. The van der Waals surface area contributed by atoms with Crippen LogP contribution in [0.5, 0.6) is 0 Å². The molecule has 4 aliphatic rings. The van der Waals surface area contributed by atoms with E-state index in [0.717, 1.165) is 36.5 Å². The molecule has 0 amide bonds. The minimum atomic E-state index is -0.592. The number of hydrogen-bond donors (Lipinski definition) is 2. The average molecular weight is 482 g/mol. The molecule has 2 N–H and O–H groups in total. The van der Waals surface area contributed by atoms with Gasteiger partial charge < -0.3 is 15.2 Å². The summed E-state index contributed by atoms with van der Waals surface area (Å²) in [4.78, 5) is 0. The molecular weight excluding hydrogens is 430 g/mol. The van der Waals surface area contributed by atoms with Crippen LogP contribution in [0.15, 0.2) is 30.3 Å². The van der Waals surface area contributed by atoms with E-state index in [0.29, 0.717) is 42.0 Å². The van der Waals surface area contributed by atoms with Crippen molar-refractivity contribution in [3.8, 4) is 0 Å². The third-order valence-corrected chi connectivity index (χ3v) is 11.9. The highest BCUT2D eigenvalue weighted by Crippen LogP contribution is 2.68. The van der Waals surface area contributed by atoms with Crippen molar-refractivity contribution < 1.29 is 9.84 Å². The van der Waals surface area contributed by atoms with Crippen molar-refractivity contribution in [3.63, 3.8) is 0 Å². The quantitative estimate of drug-likeness (QED) is 0.434. The number of hydrogen-bond acceptors (Lipinski definition) is 3. The SMILES string of the molecule is CCOC[C@@]1(O)CC[C@@]2(C)[C@H](CC[C@@H]3[C@@H]2CC[C@]2(C)[C@@H]([C@@H](C)N[C@@H](C)c4ccccc4)CC[C@@H]32)C1. The number of nitrogens with one attached hydrogen (secondary N) is 1. The van der Waals surface area contributed by atoms with Crippen molar-refractivity contribution in [2.75, 3.05) is 13.2 Å². The lowest BCUT2D eigenvalue weighted by atomic mass is 9.43. The number of rotatable bonds is 7. The first-order chi connectivity index (χ1) is 16.7. The third-order valence-electron chi connectivity index (χ3n) is 11.9. The molecule has 0 aliphatic heterocycles. The molecule has 4 fully saturated rings. The highest BCUT2D eigenvalue weighted by Gasteiger charge is 2.61. The van der Waals surface area contributed by atoms with Gasteiger partial charge in [0, 0.05) is 18.7 Å². The lowest BCUT2D eigenvalue weighted by Crippen LogP contribution is -2.57. The van der Waals surface area contributed by atoms with E-state index >= 15 is 0 Å². The Kier molecular flexibility index (Phi) is 7.18. The fraction of sp³-hybridized carbons (Fsp3) is 0.812. The molecule has 5 rings (SSSR count). The minimum Gasteiger partial charge on any atom is -0.387 e. The van der Waals surface area contributed by atoms with Gasteiger partial charge in [0.25, 0.3) is 0 Å². The Hall–Kier alpha value is -0.900. The number of benzene rings is 1. The summed E-state index contributed by atoms with van der Waals surface area (Å²) >= 11 is 0. The Morgan fingerprint density at radius 2 is 1.69 bits per heavy atom. The molecule has 3 heteroatoms. The van der Waals surface area contributed by atoms with Crippen molar-refractivity contribution in [3.05, 3.63) is 35.9 Å². The zero-order valence-electron chi connectivity index (χ0n) is 23.1. The van der Waals surface area contributed by atoms with Crippen LogP contribution in [0.4, 0.5) is 0 Å². The van der Waals surface area contributed by atoms with Crippen molar-refractivity contribution in [1.29, 1.82) is 0 Å². The number of fused-ring (bicyclic) bond motifs is 5. The summed E-state index contributed by atoms with van der Waals surface area (Å²) in [5, 5.41) is 15.3. The summed E-state index contributed by atoms with van der Waals surface area (Å²) in [5.74, 6) is 4.05. The Morgan fingerprint density at radius 3 is 2.43 bits per heavy atom. The van der Waals surface area contributed by atoms with E-state index in [-0.39, 0.29) is 0 Å². The van der Waals surface area contributed by atoms with E-state index in [9.17, 15) is 5.11 Å². The van der Waals surface area contributed by atoms with Crippen LogP contribution < -0.4 is 5.32 Å². The molecule has 0 radical (unpaired) electrons. The normalized spacial score (nSPS) is 44.7. The van der Waals surface area contributed by atoms with Crippen molar-refractivity contribution >= 4 is 0 Å². The van der Waals surface area contributed by atoms with Gasteiger partial charge in [0.05, 0.1) is 12.2 Å². The van der Waals surface area contributed by atoms with E-state index in [1.165, 1.54) is 50.5 Å². The van der Waals surface area contributed by atoms with E-state index in [1.54, 1.807) is 0 Å². The number of aliphatic hydroxyl groups is 1. The summed E-state index contributed by atoms with van der Waals surface area (Å²) in [7, 11) is 0. The molecule has 1 aromatic carbocycles. The molecule has 4 aliphatic carbocycles. The topological polar surface area (TPSA) is 41.5 Å². The van der Waals surface area contributed by atoms with E-state index in [4.69, 9.17) is 4.74 Å². The van der Waals surface area contributed by atoms with Gasteiger partial charge in [-0.2, -0.15) is 0 Å². The molecule has 0 saturated heterocycles. The number of ether oxygens (including phenoxy) is 1. The maximum Gasteiger partial charge on any atom is 0.0883 e. The predicted octanol–water partition coefficient (Wildman–Crippen LogP) is 7.15. The maximum absolute atomic E-state index is 11.3. The largest absolute Gasteiger partial charge is 0.387 e. The first kappa shape index (κ1) is 25.7. The van der Waals surface area contributed by atoms with Crippen LogP contribution in [-0.2, 0) is 4.74 Å². The molecule has 35 heavy (non-hydrogen) atoms. The molecule has 4 saturated carbocycles. The highest BCUT2D eigenvalue weighted by atomic mass is 16.5. The molecular formula is C32H51NO2. The summed E-state index contributed by atoms with van der Waals surface area (Å²) in [6.07, 6.45) is 11.3. The van der Waals surface area contributed by atoms with Gasteiger partial charge in [-0.05, 0) is 125 Å². The van der Waals surface area contributed by atoms with Crippen molar-refractivity contribution in [1.82, 2.24) is 5.32 Å². The van der Waals surface area contributed by atoms with Gasteiger partial charge in [0.15, 0.2) is 0 Å². The van der Waals surface area contributed by atoms with Gasteiger partial charge in [-0.15, -0.1) is 0 Å². The van der Waals surface area contributed by atoms with Crippen LogP contribution in [0.1, 0.15) is 104 Å². The lowest BCUT2D eigenvalue weighted by Gasteiger charge is -2.62. The molecule has 196 valence electrons. The molecule has 0 aromatic heterocycles. The Balaban J connectivity index is 1.27. The second kappa shape index (κ2) is 9.76. The van der Waals surface area contributed by atoms with Crippen LogP contribution in [-0.4, -0.2) is 30.0 Å². The second-order valence-electron chi connectivity index (χ2n) is 13.5. The summed E-state index contributed by atoms with van der Waals surface area (Å²) < 4.78 is 5.70. The fourth-order valence-corrected chi connectivity index (χ4v) is 9.96. The maximum atomic E-state index is 11.3. The van der Waals surface area contributed by atoms with E-state index < -0.39 is 5.60 Å². The zero-order valence-corrected chi connectivity index (χ0v) is 23.1. The van der Waals surface area contributed by atoms with Gasteiger partial charge in [0.1, 0.15) is 0 Å². The zero-order chi connectivity index (χ0) is 24.8. The Labute approximate surface area is 214 Å². The van der Waals surface area contributed by atoms with Gasteiger partial charge >= 0.3 is 0 Å². The summed E-state index contributed by atoms with van der Waals surface area (Å²) in [6.45, 7) is 13.3. The van der Waals surface area contributed by atoms with Crippen LogP contribution in [0.2, 0.25) is 0 Å². The van der Waals surface area contributed by atoms with E-state index in [2.05, 4.69) is 63.3 Å². The van der Waals surface area contributed by atoms with E-state index in [1.807, 2.05) is 6.92 Å². The van der Waals surface area contributed by atoms with Crippen molar-refractivity contribution in [2.45, 2.75) is 110 Å². The molecule has 10 atom stereocenters. The molecule has 0 heterocycles. The van der Waals surface area contributed by atoms with Crippen LogP contribution in [0.25, 0.3) is 0 Å². The molecule has 0 spiro atoms. The summed E-state index contributed by atoms with van der Waals surface area (Å²) in [6, 6.07) is 11.9. The van der Waals surface area contributed by atoms with Gasteiger partial charge in [-0.3, -0.25) is 0 Å². The van der Waals surface area contributed by atoms with Gasteiger partial charge in [-0.25, -0.2) is 0 Å². The van der Waals surface area contributed by atoms with Crippen LogP contribution in [0.3, 0.4) is 0 Å². The molecule has 3 nitrogen and oxygen atoms in total. The first-order valence-corrected chi connectivity index (χ1v) is 14.8. The Bertz CT molecular complexity index is 858. The minimum absolute atomic E-state index is 0.400. The fourth-order valence-electron chi connectivity index (χ4n) is 9.96. The summed E-state index contributed by atoms with van der Waals surface area (Å²) in [5.41, 5.74) is 1.69. The molecule has 1 aromatic rings. The predicted molar refractivity (Wildman–Crippen MR) is 144 cm³/mol. The molecule has 0 unspecified atom stereocenters. The van der Waals surface area contributed by atoms with Crippen LogP contribution in [0, 0.1) is 40.4 Å². The first-order valence-electron chi connectivity index (χ1n) is 14.8. The average Bonchev–Trinajstić information content (AvgIpc) is 3.21. The van der Waals surface area contributed by atoms with Gasteiger partial charge in [0.2, 0.25) is 0 Å². The smallest absolute Gasteiger partial charge is 0.0883 e. The van der Waals surface area contributed by atoms with Gasteiger partial charge in [-0.1, -0.05) is 44.2 Å².